The van der Waals surface area contributed by atoms with Crippen LogP contribution in [0.3, 0.4) is 0 Å². The zero-order chi connectivity index (χ0) is 17.0. The summed E-state index contributed by atoms with van der Waals surface area (Å²) in [4.78, 5) is 51.9. The van der Waals surface area contributed by atoms with Crippen molar-refractivity contribution in [2.45, 2.75) is 26.7 Å². The Bertz CT molecular complexity index is 468. The first-order valence-electron chi connectivity index (χ1n) is 6.11. The maximum atomic E-state index is 11.5. The molecule has 0 rings (SSSR count). The van der Waals surface area contributed by atoms with Crippen molar-refractivity contribution >= 4 is 25.5 Å². The van der Waals surface area contributed by atoms with Gasteiger partial charge in [0.1, 0.15) is 0 Å². The molecule has 0 radical (unpaired) electrons. The minimum Gasteiger partial charge on any atom is -0.481 e. The summed E-state index contributed by atoms with van der Waals surface area (Å²) in [5.74, 6) is -8.59. The first-order valence-corrected chi connectivity index (χ1v) is 7.91. The fourth-order valence-corrected chi connectivity index (χ4v) is 3.28. The topological polar surface area (TPSA) is 169 Å². The Hall–Kier alpha value is -1.44. The zero-order valence-corrected chi connectivity index (χ0v) is 12.5. The Balaban J connectivity index is 5.99. The molecule has 0 aliphatic carbocycles. The number of aliphatic carboxylic acids is 3. The highest BCUT2D eigenvalue weighted by Gasteiger charge is 2.55. The monoisotopic (exact) mass is 326 g/mol. The minimum atomic E-state index is -4.84. The van der Waals surface area contributed by atoms with Crippen molar-refractivity contribution in [1.29, 1.82) is 0 Å². The van der Waals surface area contributed by atoms with Gasteiger partial charge >= 0.3 is 25.5 Å². The predicted octanol–water partition coefficient (Wildman–Crippen LogP) is 0.457. The van der Waals surface area contributed by atoms with Crippen LogP contribution in [0.5, 0.6) is 0 Å². The quantitative estimate of drug-likeness (QED) is 0.377. The van der Waals surface area contributed by atoms with Crippen LogP contribution in [0.4, 0.5) is 0 Å². The molecule has 0 aromatic carbocycles. The zero-order valence-electron chi connectivity index (χ0n) is 11.6. The molecule has 0 saturated carbocycles. The Morgan fingerprint density at radius 2 is 1.48 bits per heavy atom. The van der Waals surface area contributed by atoms with Crippen LogP contribution in [0.15, 0.2) is 0 Å². The van der Waals surface area contributed by atoms with E-state index in [1.54, 1.807) is 6.92 Å². The van der Waals surface area contributed by atoms with Crippen molar-refractivity contribution in [2.24, 2.45) is 17.3 Å². The Morgan fingerprint density at radius 1 is 1.05 bits per heavy atom. The van der Waals surface area contributed by atoms with Gasteiger partial charge in [0.2, 0.25) is 0 Å². The summed E-state index contributed by atoms with van der Waals surface area (Å²) < 4.78 is 11.1. The largest absolute Gasteiger partial charge is 0.481 e. The first-order chi connectivity index (χ1) is 9.37. The molecular formula is C11H19O9P. The van der Waals surface area contributed by atoms with Crippen LogP contribution in [0.2, 0.25) is 0 Å². The number of rotatable bonds is 9. The smallest absolute Gasteiger partial charge is 0.326 e. The van der Waals surface area contributed by atoms with Crippen LogP contribution in [0, 0.1) is 17.3 Å². The summed E-state index contributed by atoms with van der Waals surface area (Å²) in [6.07, 6.45) is -1.08. The molecule has 0 spiro atoms. The van der Waals surface area contributed by atoms with Crippen LogP contribution in [-0.4, -0.2) is 49.2 Å². The van der Waals surface area contributed by atoms with Gasteiger partial charge in [-0.1, -0.05) is 13.3 Å². The molecule has 21 heavy (non-hydrogen) atoms. The van der Waals surface area contributed by atoms with E-state index in [0.717, 1.165) is 6.92 Å². The van der Waals surface area contributed by atoms with Gasteiger partial charge in [-0.05, 0) is 13.3 Å². The molecule has 0 heterocycles. The predicted molar refractivity (Wildman–Crippen MR) is 69.8 cm³/mol. The molecule has 122 valence electrons. The lowest BCUT2D eigenvalue weighted by atomic mass is 9.66. The lowest BCUT2D eigenvalue weighted by Gasteiger charge is -2.36. The van der Waals surface area contributed by atoms with Gasteiger partial charge in [0.15, 0.2) is 0 Å². The summed E-state index contributed by atoms with van der Waals surface area (Å²) in [5.41, 5.74) is -2.34. The van der Waals surface area contributed by atoms with E-state index in [9.17, 15) is 24.1 Å². The Morgan fingerprint density at radius 3 is 1.71 bits per heavy atom. The second kappa shape index (κ2) is 7.02. The number of hydrogen-bond donors (Lipinski definition) is 5. The fraction of sp³-hybridized carbons (Fsp3) is 0.727. The molecule has 0 aromatic heterocycles. The van der Waals surface area contributed by atoms with Gasteiger partial charge in [-0.15, -0.1) is 0 Å². The van der Waals surface area contributed by atoms with E-state index in [4.69, 9.17) is 20.0 Å². The Kier molecular flexibility index (Phi) is 6.54. The molecule has 0 aromatic rings. The maximum absolute atomic E-state index is 11.5. The number of carboxylic acids is 3. The van der Waals surface area contributed by atoms with Crippen molar-refractivity contribution < 1.29 is 44.1 Å². The molecule has 0 aliphatic rings. The summed E-state index contributed by atoms with van der Waals surface area (Å²) in [6, 6.07) is 0. The summed E-state index contributed by atoms with van der Waals surface area (Å²) in [6.45, 7) is 2.50. The highest BCUT2D eigenvalue weighted by Crippen LogP contribution is 2.47. The van der Waals surface area contributed by atoms with Gasteiger partial charge in [0, 0.05) is 0 Å². The standard InChI is InChI=1S/C11H19O9P/c1-3-4-6(8(12)13)11(2,10(16)17)7(9(14)15)5-21(18,19)20/h6-7H,3-5H2,1-2H3,(H,12,13)(H,14,15)(H,16,17)(H2,18,19,20). The average Bonchev–Trinajstić information content (AvgIpc) is 2.30. The summed E-state index contributed by atoms with van der Waals surface area (Å²) in [7, 11) is -4.84. The first kappa shape index (κ1) is 19.6. The molecule has 0 bridgehead atoms. The molecule has 0 aliphatic heterocycles. The molecule has 0 saturated heterocycles. The number of hydrogen-bond acceptors (Lipinski definition) is 4. The van der Waals surface area contributed by atoms with Crippen molar-refractivity contribution in [3.8, 4) is 0 Å². The third kappa shape index (κ3) is 4.80. The SMILES string of the molecule is CCCC(C(=O)O)C(C)(C(=O)O)C(CP(=O)(O)O)C(=O)O. The van der Waals surface area contributed by atoms with Crippen molar-refractivity contribution in [3.05, 3.63) is 0 Å². The highest BCUT2D eigenvalue weighted by atomic mass is 31.2. The minimum absolute atomic E-state index is 0.122. The number of carbonyl (C=O) groups is 3. The van der Waals surface area contributed by atoms with Gasteiger partial charge in [-0.3, -0.25) is 18.9 Å². The normalized spacial score (nSPS) is 17.5. The van der Waals surface area contributed by atoms with E-state index < -0.39 is 48.9 Å². The molecule has 10 heteroatoms. The molecule has 3 atom stereocenters. The van der Waals surface area contributed by atoms with Gasteiger partial charge in [0.25, 0.3) is 0 Å². The van der Waals surface area contributed by atoms with E-state index in [1.807, 2.05) is 0 Å². The summed E-state index contributed by atoms with van der Waals surface area (Å²) >= 11 is 0. The van der Waals surface area contributed by atoms with Crippen LogP contribution < -0.4 is 0 Å². The van der Waals surface area contributed by atoms with E-state index in [1.165, 1.54) is 0 Å². The number of carboxylic acid groups (broad SMARTS) is 3. The third-order valence-electron chi connectivity index (χ3n) is 3.50. The maximum Gasteiger partial charge on any atom is 0.326 e. The molecule has 0 fully saturated rings. The van der Waals surface area contributed by atoms with Gasteiger partial charge in [-0.25, -0.2) is 0 Å². The second-order valence-corrected chi connectivity index (χ2v) is 6.70. The molecule has 5 N–H and O–H groups in total. The van der Waals surface area contributed by atoms with E-state index in [-0.39, 0.29) is 12.8 Å². The van der Waals surface area contributed by atoms with Crippen LogP contribution in [0.1, 0.15) is 26.7 Å². The summed E-state index contributed by atoms with van der Waals surface area (Å²) in [5, 5.41) is 27.6. The second-order valence-electron chi connectivity index (χ2n) is 5.01. The third-order valence-corrected chi connectivity index (χ3v) is 4.34. The van der Waals surface area contributed by atoms with E-state index in [0.29, 0.717) is 0 Å². The Labute approximate surface area is 120 Å². The van der Waals surface area contributed by atoms with Gasteiger partial charge < -0.3 is 25.1 Å². The van der Waals surface area contributed by atoms with E-state index >= 15 is 0 Å². The molecule has 0 amide bonds. The fourth-order valence-electron chi connectivity index (χ4n) is 2.27. The van der Waals surface area contributed by atoms with E-state index in [2.05, 4.69) is 0 Å². The highest BCUT2D eigenvalue weighted by molar-refractivity contribution is 7.51. The van der Waals surface area contributed by atoms with Crippen molar-refractivity contribution in [1.82, 2.24) is 0 Å². The van der Waals surface area contributed by atoms with Gasteiger partial charge in [-0.2, -0.15) is 0 Å². The lowest BCUT2D eigenvalue weighted by molar-refractivity contribution is -0.171. The lowest BCUT2D eigenvalue weighted by Crippen LogP contribution is -2.50. The average molecular weight is 326 g/mol. The van der Waals surface area contributed by atoms with Gasteiger partial charge in [0.05, 0.1) is 23.4 Å². The van der Waals surface area contributed by atoms with Crippen molar-refractivity contribution in [3.63, 3.8) is 0 Å². The van der Waals surface area contributed by atoms with Crippen LogP contribution in [-0.2, 0) is 18.9 Å². The molecule has 3 unspecified atom stereocenters. The van der Waals surface area contributed by atoms with Crippen molar-refractivity contribution in [2.75, 3.05) is 6.16 Å². The molecular weight excluding hydrogens is 307 g/mol. The molecule has 9 nitrogen and oxygen atoms in total. The van der Waals surface area contributed by atoms with Crippen LogP contribution >= 0.6 is 7.60 Å². The van der Waals surface area contributed by atoms with Crippen LogP contribution in [0.25, 0.3) is 0 Å².